The number of carbonyl (C=O) groups is 1. The molecule has 0 spiro atoms. The van der Waals surface area contributed by atoms with E-state index in [4.69, 9.17) is 9.47 Å². The molecule has 18 heavy (non-hydrogen) atoms. The van der Waals surface area contributed by atoms with E-state index < -0.39 is 0 Å². The standard InChI is InChI=1S/C15H20O3/c1-4-6-10-18-14-9-8-13(15(16)17-3)11-12(14)7-5-2/h5,7-9,11H,4,6,10H2,1-3H3/b7-5-. The molecule has 0 amide bonds. The Morgan fingerprint density at radius 2 is 2.17 bits per heavy atom. The average Bonchev–Trinajstić information content (AvgIpc) is 2.40. The fourth-order valence-corrected chi connectivity index (χ4v) is 1.56. The normalized spacial score (nSPS) is 10.6. The number of esters is 1. The number of benzene rings is 1. The lowest BCUT2D eigenvalue weighted by Crippen LogP contribution is -2.03. The number of rotatable bonds is 6. The van der Waals surface area contributed by atoms with Gasteiger partial charge < -0.3 is 9.47 Å². The van der Waals surface area contributed by atoms with Gasteiger partial charge in [0, 0.05) is 5.56 Å². The molecule has 98 valence electrons. The maximum Gasteiger partial charge on any atom is 0.337 e. The third-order valence-electron chi connectivity index (χ3n) is 2.53. The first-order valence-electron chi connectivity index (χ1n) is 6.20. The van der Waals surface area contributed by atoms with E-state index in [2.05, 4.69) is 6.92 Å². The van der Waals surface area contributed by atoms with E-state index in [-0.39, 0.29) is 5.97 Å². The Hall–Kier alpha value is -1.77. The number of ether oxygens (including phenoxy) is 2. The zero-order chi connectivity index (χ0) is 13.4. The fraction of sp³-hybridized carbons (Fsp3) is 0.400. The van der Waals surface area contributed by atoms with Gasteiger partial charge in [-0.25, -0.2) is 4.79 Å². The molecule has 3 heteroatoms. The SMILES string of the molecule is C/C=C\c1cc(C(=O)OC)ccc1OCCCC. The lowest BCUT2D eigenvalue weighted by Gasteiger charge is -2.10. The first-order chi connectivity index (χ1) is 8.72. The number of hydrogen-bond acceptors (Lipinski definition) is 3. The smallest absolute Gasteiger partial charge is 0.337 e. The van der Waals surface area contributed by atoms with Crippen LogP contribution in [0.4, 0.5) is 0 Å². The summed E-state index contributed by atoms with van der Waals surface area (Å²) in [7, 11) is 1.38. The predicted molar refractivity (Wildman–Crippen MR) is 72.9 cm³/mol. The molecular formula is C15H20O3. The summed E-state index contributed by atoms with van der Waals surface area (Å²) >= 11 is 0. The molecule has 1 aromatic carbocycles. The van der Waals surface area contributed by atoms with E-state index in [0.717, 1.165) is 24.2 Å². The van der Waals surface area contributed by atoms with Gasteiger partial charge in [0.05, 0.1) is 19.3 Å². The van der Waals surface area contributed by atoms with Crippen molar-refractivity contribution in [2.45, 2.75) is 26.7 Å². The molecule has 1 rings (SSSR count). The highest BCUT2D eigenvalue weighted by molar-refractivity contribution is 5.90. The summed E-state index contributed by atoms with van der Waals surface area (Å²) < 4.78 is 10.4. The molecule has 0 saturated heterocycles. The predicted octanol–water partition coefficient (Wildman–Crippen LogP) is 3.69. The number of hydrogen-bond donors (Lipinski definition) is 0. The summed E-state index contributed by atoms with van der Waals surface area (Å²) in [6.45, 7) is 4.75. The van der Waals surface area contributed by atoms with Gasteiger partial charge in [0.25, 0.3) is 0 Å². The average molecular weight is 248 g/mol. The Balaban J connectivity index is 2.93. The van der Waals surface area contributed by atoms with Crippen molar-refractivity contribution in [2.75, 3.05) is 13.7 Å². The number of unbranched alkanes of at least 4 members (excludes halogenated alkanes) is 1. The largest absolute Gasteiger partial charge is 0.493 e. The van der Waals surface area contributed by atoms with Gasteiger partial charge in [-0.15, -0.1) is 0 Å². The van der Waals surface area contributed by atoms with Crippen molar-refractivity contribution in [2.24, 2.45) is 0 Å². The molecule has 0 atom stereocenters. The van der Waals surface area contributed by atoms with Gasteiger partial charge >= 0.3 is 5.97 Å². The van der Waals surface area contributed by atoms with E-state index in [9.17, 15) is 4.79 Å². The van der Waals surface area contributed by atoms with Crippen molar-refractivity contribution in [1.82, 2.24) is 0 Å². The zero-order valence-corrected chi connectivity index (χ0v) is 11.2. The molecule has 0 N–H and O–H groups in total. The van der Waals surface area contributed by atoms with Crippen molar-refractivity contribution in [3.05, 3.63) is 35.4 Å². The molecule has 0 aliphatic carbocycles. The molecule has 0 heterocycles. The fourth-order valence-electron chi connectivity index (χ4n) is 1.56. The lowest BCUT2D eigenvalue weighted by molar-refractivity contribution is 0.0600. The third-order valence-corrected chi connectivity index (χ3v) is 2.53. The van der Waals surface area contributed by atoms with Crippen LogP contribution >= 0.6 is 0 Å². The molecule has 0 bridgehead atoms. The van der Waals surface area contributed by atoms with Gasteiger partial charge in [-0.2, -0.15) is 0 Å². The van der Waals surface area contributed by atoms with Gasteiger partial charge in [0.15, 0.2) is 0 Å². The van der Waals surface area contributed by atoms with Crippen LogP contribution in [0.2, 0.25) is 0 Å². The van der Waals surface area contributed by atoms with Gasteiger partial charge in [-0.05, 0) is 31.5 Å². The lowest BCUT2D eigenvalue weighted by atomic mass is 10.1. The van der Waals surface area contributed by atoms with Crippen molar-refractivity contribution in [3.8, 4) is 5.75 Å². The van der Waals surface area contributed by atoms with Crippen LogP contribution in [0.3, 0.4) is 0 Å². The maximum absolute atomic E-state index is 11.5. The van der Waals surface area contributed by atoms with Crippen molar-refractivity contribution >= 4 is 12.0 Å². The molecule has 0 aliphatic heterocycles. The maximum atomic E-state index is 11.5. The van der Waals surface area contributed by atoms with E-state index in [1.807, 2.05) is 25.1 Å². The van der Waals surface area contributed by atoms with Crippen LogP contribution in [0.5, 0.6) is 5.75 Å². The van der Waals surface area contributed by atoms with Crippen LogP contribution in [-0.4, -0.2) is 19.7 Å². The van der Waals surface area contributed by atoms with Gasteiger partial charge in [0.1, 0.15) is 5.75 Å². The van der Waals surface area contributed by atoms with E-state index in [0.29, 0.717) is 12.2 Å². The van der Waals surface area contributed by atoms with Crippen LogP contribution < -0.4 is 4.74 Å². The minimum absolute atomic E-state index is 0.333. The zero-order valence-electron chi connectivity index (χ0n) is 11.2. The van der Waals surface area contributed by atoms with Crippen LogP contribution in [0.15, 0.2) is 24.3 Å². The summed E-state index contributed by atoms with van der Waals surface area (Å²) in [5.41, 5.74) is 1.44. The number of methoxy groups -OCH3 is 1. The summed E-state index contributed by atoms with van der Waals surface area (Å²) in [5.74, 6) is 0.468. The quantitative estimate of drug-likeness (QED) is 0.569. The number of allylic oxidation sites excluding steroid dienone is 1. The molecule has 0 fully saturated rings. The topological polar surface area (TPSA) is 35.5 Å². The van der Waals surface area contributed by atoms with Crippen LogP contribution in [-0.2, 0) is 4.74 Å². The van der Waals surface area contributed by atoms with Gasteiger partial charge in [-0.1, -0.05) is 25.5 Å². The van der Waals surface area contributed by atoms with E-state index >= 15 is 0 Å². The van der Waals surface area contributed by atoms with Crippen LogP contribution in [0.25, 0.3) is 6.08 Å². The molecule has 0 aromatic heterocycles. The summed E-state index contributed by atoms with van der Waals surface area (Å²) in [6, 6.07) is 5.32. The van der Waals surface area contributed by atoms with Crippen molar-refractivity contribution in [3.63, 3.8) is 0 Å². The number of carbonyl (C=O) groups excluding carboxylic acids is 1. The van der Waals surface area contributed by atoms with Crippen molar-refractivity contribution in [1.29, 1.82) is 0 Å². The van der Waals surface area contributed by atoms with Gasteiger partial charge in [0.2, 0.25) is 0 Å². The minimum atomic E-state index is -0.333. The molecule has 0 aliphatic rings. The molecule has 1 aromatic rings. The summed E-state index contributed by atoms with van der Waals surface area (Å²) in [5, 5.41) is 0. The van der Waals surface area contributed by atoms with E-state index in [1.165, 1.54) is 7.11 Å². The Labute approximate surface area is 108 Å². The highest BCUT2D eigenvalue weighted by Gasteiger charge is 2.09. The third kappa shape index (κ3) is 3.91. The molecule has 0 unspecified atom stereocenters. The van der Waals surface area contributed by atoms with Crippen molar-refractivity contribution < 1.29 is 14.3 Å². The minimum Gasteiger partial charge on any atom is -0.493 e. The molecular weight excluding hydrogens is 228 g/mol. The molecule has 3 nitrogen and oxygen atoms in total. The van der Waals surface area contributed by atoms with Crippen LogP contribution in [0, 0.1) is 0 Å². The molecule has 0 saturated carbocycles. The second-order valence-electron chi connectivity index (χ2n) is 3.95. The highest BCUT2D eigenvalue weighted by atomic mass is 16.5. The summed E-state index contributed by atoms with van der Waals surface area (Å²) in [6.07, 6.45) is 5.96. The second kappa shape index (κ2) is 7.54. The second-order valence-corrected chi connectivity index (χ2v) is 3.95. The Bertz CT molecular complexity index is 422. The molecule has 0 radical (unpaired) electrons. The monoisotopic (exact) mass is 248 g/mol. The van der Waals surface area contributed by atoms with Crippen LogP contribution in [0.1, 0.15) is 42.6 Å². The Kier molecular flexibility index (Phi) is 5.98. The first kappa shape index (κ1) is 14.3. The Morgan fingerprint density at radius 3 is 2.78 bits per heavy atom. The van der Waals surface area contributed by atoms with Gasteiger partial charge in [-0.3, -0.25) is 0 Å². The van der Waals surface area contributed by atoms with E-state index in [1.54, 1.807) is 12.1 Å². The first-order valence-corrected chi connectivity index (χ1v) is 6.20. The highest BCUT2D eigenvalue weighted by Crippen LogP contribution is 2.22. The summed E-state index contributed by atoms with van der Waals surface area (Å²) in [4.78, 5) is 11.5. The Morgan fingerprint density at radius 1 is 1.39 bits per heavy atom.